The highest BCUT2D eigenvalue weighted by atomic mass is 16.3. The number of nitrogens with one attached hydrogen (secondary N) is 2. The predicted octanol–water partition coefficient (Wildman–Crippen LogP) is 5.83. The minimum atomic E-state index is 0.00439. The fourth-order valence-electron chi connectivity index (χ4n) is 3.36. The van der Waals surface area contributed by atoms with Gasteiger partial charge in [0.05, 0.1) is 13.2 Å². The standard InChI is InChI=1S/C26H24N2O2/c29-17-21-5-1-3-7-25(21)27-23-13-9-19(10-14-23)20-11-15-24(16-12-20)28-26-8-4-2-6-22(26)18-30/h1-16,27-30H,17-18H2. The van der Waals surface area contributed by atoms with Crippen LogP contribution in [0.5, 0.6) is 0 Å². The average Bonchev–Trinajstić information content (AvgIpc) is 2.81. The van der Waals surface area contributed by atoms with E-state index in [2.05, 4.69) is 34.9 Å². The summed E-state index contributed by atoms with van der Waals surface area (Å²) in [5.41, 5.74) is 7.74. The zero-order valence-electron chi connectivity index (χ0n) is 16.5. The molecule has 0 fully saturated rings. The number of benzene rings is 4. The van der Waals surface area contributed by atoms with E-state index >= 15 is 0 Å². The van der Waals surface area contributed by atoms with E-state index in [0.717, 1.165) is 45.0 Å². The van der Waals surface area contributed by atoms with Crippen LogP contribution in [0.15, 0.2) is 97.1 Å². The third-order valence-electron chi connectivity index (χ3n) is 5.04. The molecule has 0 atom stereocenters. The smallest absolute Gasteiger partial charge is 0.0702 e. The van der Waals surface area contributed by atoms with Crippen molar-refractivity contribution in [1.82, 2.24) is 0 Å². The van der Waals surface area contributed by atoms with Crippen LogP contribution in [-0.2, 0) is 13.2 Å². The van der Waals surface area contributed by atoms with Gasteiger partial charge in [-0.15, -0.1) is 0 Å². The van der Waals surface area contributed by atoms with Gasteiger partial charge in [-0.1, -0.05) is 60.7 Å². The van der Waals surface area contributed by atoms with Crippen molar-refractivity contribution in [3.63, 3.8) is 0 Å². The Balaban J connectivity index is 1.47. The van der Waals surface area contributed by atoms with Crippen LogP contribution in [0, 0.1) is 0 Å². The van der Waals surface area contributed by atoms with Crippen molar-refractivity contribution in [2.45, 2.75) is 13.2 Å². The van der Waals surface area contributed by atoms with Crippen molar-refractivity contribution in [2.75, 3.05) is 10.6 Å². The third-order valence-corrected chi connectivity index (χ3v) is 5.04. The molecule has 0 saturated carbocycles. The maximum absolute atomic E-state index is 9.48. The molecule has 4 rings (SSSR count). The molecule has 4 aromatic carbocycles. The lowest BCUT2D eigenvalue weighted by Crippen LogP contribution is -1.96. The molecule has 0 heterocycles. The molecule has 0 saturated heterocycles. The summed E-state index contributed by atoms with van der Waals surface area (Å²) in [5, 5.41) is 25.7. The predicted molar refractivity (Wildman–Crippen MR) is 123 cm³/mol. The Kier molecular flexibility index (Phi) is 6.09. The quantitative estimate of drug-likeness (QED) is 0.318. The van der Waals surface area contributed by atoms with Crippen LogP contribution in [0.4, 0.5) is 22.7 Å². The molecular weight excluding hydrogens is 372 g/mol. The van der Waals surface area contributed by atoms with Gasteiger partial charge in [-0.05, 0) is 47.5 Å². The van der Waals surface area contributed by atoms with E-state index in [1.165, 1.54) is 0 Å². The topological polar surface area (TPSA) is 64.5 Å². The minimum absolute atomic E-state index is 0.00439. The van der Waals surface area contributed by atoms with Crippen molar-refractivity contribution >= 4 is 22.7 Å². The lowest BCUT2D eigenvalue weighted by molar-refractivity contribution is 0.282. The van der Waals surface area contributed by atoms with Gasteiger partial charge in [-0.25, -0.2) is 0 Å². The fraction of sp³-hybridized carbons (Fsp3) is 0.0769. The Labute approximate surface area is 176 Å². The van der Waals surface area contributed by atoms with Gasteiger partial charge in [0.2, 0.25) is 0 Å². The van der Waals surface area contributed by atoms with E-state index in [-0.39, 0.29) is 13.2 Å². The summed E-state index contributed by atoms with van der Waals surface area (Å²) in [5.74, 6) is 0. The lowest BCUT2D eigenvalue weighted by Gasteiger charge is -2.12. The monoisotopic (exact) mass is 396 g/mol. The van der Waals surface area contributed by atoms with E-state index in [1.807, 2.05) is 72.8 Å². The number of aliphatic hydroxyl groups is 2. The number of para-hydroxylation sites is 2. The summed E-state index contributed by atoms with van der Waals surface area (Å²) in [4.78, 5) is 0. The van der Waals surface area contributed by atoms with Gasteiger partial charge in [0.1, 0.15) is 0 Å². The second kappa shape index (κ2) is 9.27. The van der Waals surface area contributed by atoms with Crippen LogP contribution in [-0.4, -0.2) is 10.2 Å². The first-order valence-electron chi connectivity index (χ1n) is 9.89. The molecule has 0 spiro atoms. The first-order valence-corrected chi connectivity index (χ1v) is 9.89. The maximum Gasteiger partial charge on any atom is 0.0702 e. The van der Waals surface area contributed by atoms with Gasteiger partial charge < -0.3 is 20.8 Å². The van der Waals surface area contributed by atoms with Gasteiger partial charge in [0, 0.05) is 33.9 Å². The lowest BCUT2D eigenvalue weighted by atomic mass is 10.0. The summed E-state index contributed by atoms with van der Waals surface area (Å²) in [6.07, 6.45) is 0. The highest BCUT2D eigenvalue weighted by Crippen LogP contribution is 2.27. The average molecular weight is 396 g/mol. The molecule has 4 nitrogen and oxygen atoms in total. The molecule has 4 aromatic rings. The maximum atomic E-state index is 9.48. The highest BCUT2D eigenvalue weighted by Gasteiger charge is 2.04. The van der Waals surface area contributed by atoms with Gasteiger partial charge in [-0.3, -0.25) is 0 Å². The van der Waals surface area contributed by atoms with E-state index < -0.39 is 0 Å². The van der Waals surface area contributed by atoms with Crippen LogP contribution in [0.25, 0.3) is 11.1 Å². The third kappa shape index (κ3) is 4.51. The first kappa shape index (κ1) is 19.7. The molecule has 0 amide bonds. The molecule has 150 valence electrons. The number of hydrogen-bond acceptors (Lipinski definition) is 4. The summed E-state index contributed by atoms with van der Waals surface area (Å²) >= 11 is 0. The van der Waals surface area contributed by atoms with Gasteiger partial charge in [-0.2, -0.15) is 0 Å². The Morgan fingerprint density at radius 2 is 0.833 bits per heavy atom. The molecule has 0 aliphatic rings. The van der Waals surface area contributed by atoms with Crippen LogP contribution < -0.4 is 10.6 Å². The summed E-state index contributed by atoms with van der Waals surface area (Å²) in [6, 6.07) is 31.9. The van der Waals surface area contributed by atoms with E-state index in [4.69, 9.17) is 0 Å². The minimum Gasteiger partial charge on any atom is -0.392 e. The zero-order chi connectivity index (χ0) is 20.8. The number of aliphatic hydroxyl groups excluding tert-OH is 2. The Hall–Kier alpha value is -3.60. The Morgan fingerprint density at radius 1 is 0.467 bits per heavy atom. The molecule has 0 unspecified atom stereocenters. The second-order valence-electron chi connectivity index (χ2n) is 7.04. The molecule has 0 aliphatic heterocycles. The molecular formula is C26H24N2O2. The van der Waals surface area contributed by atoms with Crippen LogP contribution in [0.3, 0.4) is 0 Å². The van der Waals surface area contributed by atoms with E-state index in [1.54, 1.807) is 0 Å². The van der Waals surface area contributed by atoms with Gasteiger partial charge >= 0.3 is 0 Å². The molecule has 30 heavy (non-hydrogen) atoms. The van der Waals surface area contributed by atoms with E-state index in [9.17, 15) is 10.2 Å². The van der Waals surface area contributed by atoms with Crippen molar-refractivity contribution in [3.05, 3.63) is 108 Å². The van der Waals surface area contributed by atoms with Crippen LogP contribution in [0.2, 0.25) is 0 Å². The number of hydrogen-bond donors (Lipinski definition) is 4. The highest BCUT2D eigenvalue weighted by molar-refractivity contribution is 5.72. The summed E-state index contributed by atoms with van der Waals surface area (Å²) in [7, 11) is 0. The largest absolute Gasteiger partial charge is 0.392 e. The summed E-state index contributed by atoms with van der Waals surface area (Å²) in [6.45, 7) is 0.00877. The van der Waals surface area contributed by atoms with Crippen LogP contribution >= 0.6 is 0 Å². The number of anilines is 4. The number of rotatable bonds is 7. The first-order chi connectivity index (χ1) is 14.8. The van der Waals surface area contributed by atoms with Crippen LogP contribution in [0.1, 0.15) is 11.1 Å². The molecule has 0 radical (unpaired) electrons. The molecule has 0 aliphatic carbocycles. The second-order valence-corrected chi connectivity index (χ2v) is 7.04. The van der Waals surface area contributed by atoms with Crippen molar-refractivity contribution in [1.29, 1.82) is 0 Å². The molecule has 0 bridgehead atoms. The normalized spacial score (nSPS) is 10.6. The zero-order valence-corrected chi connectivity index (χ0v) is 16.5. The molecule has 0 aromatic heterocycles. The van der Waals surface area contributed by atoms with Crippen molar-refractivity contribution in [2.24, 2.45) is 0 Å². The Bertz CT molecular complexity index is 1020. The summed E-state index contributed by atoms with van der Waals surface area (Å²) < 4.78 is 0. The SMILES string of the molecule is OCc1ccccc1Nc1ccc(-c2ccc(Nc3ccccc3CO)cc2)cc1. The molecule has 4 N–H and O–H groups in total. The van der Waals surface area contributed by atoms with Crippen molar-refractivity contribution in [3.8, 4) is 11.1 Å². The van der Waals surface area contributed by atoms with Gasteiger partial charge in [0.25, 0.3) is 0 Å². The fourth-order valence-corrected chi connectivity index (χ4v) is 3.36. The molecule has 4 heteroatoms. The van der Waals surface area contributed by atoms with E-state index in [0.29, 0.717) is 0 Å². The van der Waals surface area contributed by atoms with Gasteiger partial charge in [0.15, 0.2) is 0 Å². The Morgan fingerprint density at radius 3 is 1.20 bits per heavy atom. The van der Waals surface area contributed by atoms with Crippen molar-refractivity contribution < 1.29 is 10.2 Å².